The molecule has 0 spiro atoms. The zero-order chi connectivity index (χ0) is 10.6. The largest absolute Gasteiger partial charge is 0.293 e. The predicted molar refractivity (Wildman–Crippen MR) is 53.5 cm³/mol. The Kier molecular flexibility index (Phi) is 3.41. The molecule has 72 valence electrons. The molecule has 0 N–H and O–H groups in total. The van der Waals surface area contributed by atoms with Gasteiger partial charge < -0.3 is 0 Å². The molecule has 0 amide bonds. The van der Waals surface area contributed by atoms with Gasteiger partial charge in [0.05, 0.1) is 6.42 Å². The number of hydrogen-bond acceptors (Lipinski definition) is 1. The van der Waals surface area contributed by atoms with Crippen molar-refractivity contribution in [1.29, 1.82) is 0 Å². The van der Waals surface area contributed by atoms with Gasteiger partial charge in [0.15, 0.2) is 5.78 Å². The van der Waals surface area contributed by atoms with Crippen LogP contribution in [0.25, 0.3) is 0 Å². The zero-order valence-corrected chi connectivity index (χ0v) is 8.23. The molecule has 0 aliphatic rings. The van der Waals surface area contributed by atoms with Crippen LogP contribution in [0.3, 0.4) is 0 Å². The van der Waals surface area contributed by atoms with E-state index in [0.717, 1.165) is 0 Å². The molecule has 0 fully saturated rings. The molecular formula is C12H11FO. The standard InChI is InChI=1S/C12H11FO/c1-3-4-8-12(14)10-6-5-7-11(13)9(10)2/h5-7H,8H2,1-2H3. The van der Waals surface area contributed by atoms with Crippen LogP contribution in [-0.4, -0.2) is 5.78 Å². The first-order valence-electron chi connectivity index (χ1n) is 4.34. The summed E-state index contributed by atoms with van der Waals surface area (Å²) in [4.78, 5) is 11.5. The van der Waals surface area contributed by atoms with Crippen LogP contribution in [0, 0.1) is 24.6 Å². The average molecular weight is 190 g/mol. The second-order valence-corrected chi connectivity index (χ2v) is 2.94. The summed E-state index contributed by atoms with van der Waals surface area (Å²) in [7, 11) is 0. The number of halogens is 1. The molecule has 1 nitrogen and oxygen atoms in total. The molecule has 1 aromatic carbocycles. The third-order valence-electron chi connectivity index (χ3n) is 1.99. The fourth-order valence-electron chi connectivity index (χ4n) is 1.17. The fraction of sp³-hybridized carbons (Fsp3) is 0.250. The molecule has 1 rings (SSSR count). The topological polar surface area (TPSA) is 17.1 Å². The SMILES string of the molecule is CC#CCC(=O)c1cccc(F)c1C. The third kappa shape index (κ3) is 2.20. The van der Waals surface area contributed by atoms with Gasteiger partial charge in [-0.1, -0.05) is 18.1 Å². The van der Waals surface area contributed by atoms with Gasteiger partial charge in [0.1, 0.15) is 5.82 Å². The van der Waals surface area contributed by atoms with Crippen LogP contribution in [0.5, 0.6) is 0 Å². The number of ketones is 1. The minimum Gasteiger partial charge on any atom is -0.293 e. The summed E-state index contributed by atoms with van der Waals surface area (Å²) in [6.07, 6.45) is 0.154. The van der Waals surface area contributed by atoms with E-state index in [0.29, 0.717) is 11.1 Å². The van der Waals surface area contributed by atoms with E-state index in [2.05, 4.69) is 11.8 Å². The van der Waals surface area contributed by atoms with Gasteiger partial charge in [-0.2, -0.15) is 0 Å². The second kappa shape index (κ2) is 4.57. The Bertz CT molecular complexity index is 410. The Morgan fingerprint density at radius 2 is 2.21 bits per heavy atom. The maximum Gasteiger partial charge on any atom is 0.175 e. The average Bonchev–Trinajstić information content (AvgIpc) is 2.18. The fourth-order valence-corrected chi connectivity index (χ4v) is 1.17. The highest BCUT2D eigenvalue weighted by atomic mass is 19.1. The summed E-state index contributed by atoms with van der Waals surface area (Å²) in [5.74, 6) is 4.83. The number of Topliss-reactive ketones (excluding diaryl/α,β-unsaturated/α-hetero) is 1. The van der Waals surface area contributed by atoms with Gasteiger partial charge in [-0.15, -0.1) is 5.92 Å². The summed E-state index contributed by atoms with van der Waals surface area (Å²) < 4.78 is 13.1. The van der Waals surface area contributed by atoms with Crippen molar-refractivity contribution in [3.05, 3.63) is 35.1 Å². The minimum absolute atomic E-state index is 0.128. The van der Waals surface area contributed by atoms with Crippen molar-refractivity contribution in [2.45, 2.75) is 20.3 Å². The Hall–Kier alpha value is -1.62. The van der Waals surface area contributed by atoms with Crippen LogP contribution in [0.2, 0.25) is 0 Å². The molecule has 1 aromatic rings. The maximum absolute atomic E-state index is 13.1. The molecule has 0 aliphatic heterocycles. The van der Waals surface area contributed by atoms with Crippen molar-refractivity contribution < 1.29 is 9.18 Å². The highest BCUT2D eigenvalue weighted by Crippen LogP contribution is 2.13. The van der Waals surface area contributed by atoms with Crippen molar-refractivity contribution in [1.82, 2.24) is 0 Å². The van der Waals surface area contributed by atoms with Crippen LogP contribution in [0.1, 0.15) is 29.3 Å². The van der Waals surface area contributed by atoms with Crippen LogP contribution in [0.4, 0.5) is 4.39 Å². The van der Waals surface area contributed by atoms with E-state index in [-0.39, 0.29) is 18.0 Å². The quantitative estimate of drug-likeness (QED) is 0.517. The third-order valence-corrected chi connectivity index (χ3v) is 1.99. The van der Waals surface area contributed by atoms with E-state index in [9.17, 15) is 9.18 Å². The van der Waals surface area contributed by atoms with Crippen molar-refractivity contribution in [2.75, 3.05) is 0 Å². The molecule has 0 heterocycles. The first-order valence-corrected chi connectivity index (χ1v) is 4.34. The van der Waals surface area contributed by atoms with Gasteiger partial charge in [-0.05, 0) is 25.5 Å². The van der Waals surface area contributed by atoms with Gasteiger partial charge in [-0.3, -0.25) is 4.79 Å². The van der Waals surface area contributed by atoms with Gasteiger partial charge in [0.2, 0.25) is 0 Å². The number of rotatable bonds is 2. The molecular weight excluding hydrogens is 179 g/mol. The van der Waals surface area contributed by atoms with E-state index >= 15 is 0 Å². The lowest BCUT2D eigenvalue weighted by atomic mass is 10.0. The molecule has 0 unspecified atom stereocenters. The van der Waals surface area contributed by atoms with E-state index in [1.165, 1.54) is 12.1 Å². The van der Waals surface area contributed by atoms with Crippen LogP contribution in [-0.2, 0) is 0 Å². The summed E-state index contributed by atoms with van der Waals surface area (Å²) in [5.41, 5.74) is 0.822. The maximum atomic E-state index is 13.1. The Labute approximate surface area is 82.9 Å². The molecule has 0 atom stereocenters. The molecule has 0 radical (unpaired) electrons. The zero-order valence-electron chi connectivity index (χ0n) is 8.23. The highest BCUT2D eigenvalue weighted by Gasteiger charge is 2.09. The van der Waals surface area contributed by atoms with Gasteiger partial charge in [0, 0.05) is 5.56 Å². The Morgan fingerprint density at radius 1 is 1.50 bits per heavy atom. The first-order chi connectivity index (χ1) is 6.66. The van der Waals surface area contributed by atoms with E-state index < -0.39 is 0 Å². The normalized spacial score (nSPS) is 9.07. The van der Waals surface area contributed by atoms with Gasteiger partial charge in [-0.25, -0.2) is 4.39 Å². The molecule has 14 heavy (non-hydrogen) atoms. The molecule has 2 heteroatoms. The van der Waals surface area contributed by atoms with Crippen molar-refractivity contribution >= 4 is 5.78 Å². The smallest absolute Gasteiger partial charge is 0.175 e. The van der Waals surface area contributed by atoms with Crippen LogP contribution < -0.4 is 0 Å². The molecule has 0 aromatic heterocycles. The van der Waals surface area contributed by atoms with Crippen molar-refractivity contribution in [2.24, 2.45) is 0 Å². The van der Waals surface area contributed by atoms with E-state index in [4.69, 9.17) is 0 Å². The predicted octanol–water partition coefficient (Wildman–Crippen LogP) is 2.73. The summed E-state index contributed by atoms with van der Waals surface area (Å²) in [5, 5.41) is 0. The number of carbonyl (C=O) groups is 1. The van der Waals surface area contributed by atoms with Gasteiger partial charge >= 0.3 is 0 Å². The summed E-state index contributed by atoms with van der Waals surface area (Å²) in [6, 6.07) is 4.50. The highest BCUT2D eigenvalue weighted by molar-refractivity contribution is 5.98. The second-order valence-electron chi connectivity index (χ2n) is 2.94. The molecule has 0 bridgehead atoms. The number of carbonyl (C=O) groups excluding carboxylic acids is 1. The lowest BCUT2D eigenvalue weighted by Crippen LogP contribution is -2.01. The lowest BCUT2D eigenvalue weighted by Gasteiger charge is -2.02. The molecule has 0 aliphatic carbocycles. The Morgan fingerprint density at radius 3 is 2.86 bits per heavy atom. The number of benzene rings is 1. The van der Waals surface area contributed by atoms with E-state index in [1.54, 1.807) is 19.9 Å². The minimum atomic E-state index is -0.347. The molecule has 0 saturated heterocycles. The van der Waals surface area contributed by atoms with E-state index in [1.807, 2.05) is 0 Å². The Balaban J connectivity index is 2.99. The van der Waals surface area contributed by atoms with Crippen LogP contribution >= 0.6 is 0 Å². The van der Waals surface area contributed by atoms with Crippen LogP contribution in [0.15, 0.2) is 18.2 Å². The molecule has 0 saturated carbocycles. The van der Waals surface area contributed by atoms with Gasteiger partial charge in [0.25, 0.3) is 0 Å². The monoisotopic (exact) mass is 190 g/mol. The summed E-state index contributed by atoms with van der Waals surface area (Å²) in [6.45, 7) is 3.27. The van der Waals surface area contributed by atoms with Crippen molar-refractivity contribution in [3.63, 3.8) is 0 Å². The first kappa shape index (κ1) is 10.5. The lowest BCUT2D eigenvalue weighted by molar-refractivity contribution is 0.0997. The van der Waals surface area contributed by atoms with Crippen molar-refractivity contribution in [3.8, 4) is 11.8 Å². The number of hydrogen-bond donors (Lipinski definition) is 0. The summed E-state index contributed by atoms with van der Waals surface area (Å²) >= 11 is 0.